The SMILES string of the molecule is Cc1cc2c(nc1I)C=NOC2. The molecule has 0 amide bonds. The van der Waals surface area contributed by atoms with Crippen molar-refractivity contribution in [3.05, 3.63) is 26.6 Å². The molecule has 1 aliphatic rings. The Morgan fingerprint density at radius 2 is 2.42 bits per heavy atom. The molecule has 0 atom stereocenters. The predicted molar refractivity (Wildman–Crippen MR) is 54.1 cm³/mol. The lowest BCUT2D eigenvalue weighted by molar-refractivity contribution is 0.127. The van der Waals surface area contributed by atoms with Crippen LogP contribution in [-0.2, 0) is 11.4 Å². The second kappa shape index (κ2) is 3.01. The van der Waals surface area contributed by atoms with Gasteiger partial charge in [0.2, 0.25) is 0 Å². The van der Waals surface area contributed by atoms with E-state index in [1.54, 1.807) is 6.21 Å². The van der Waals surface area contributed by atoms with Gasteiger partial charge in [0, 0.05) is 5.56 Å². The van der Waals surface area contributed by atoms with Gasteiger partial charge >= 0.3 is 0 Å². The number of halogens is 1. The van der Waals surface area contributed by atoms with Crippen LogP contribution in [0.4, 0.5) is 0 Å². The highest BCUT2D eigenvalue weighted by Crippen LogP contribution is 2.16. The molecule has 0 spiro atoms. The maximum Gasteiger partial charge on any atom is 0.144 e. The first-order valence-corrected chi connectivity index (χ1v) is 4.66. The van der Waals surface area contributed by atoms with Gasteiger partial charge in [0.25, 0.3) is 0 Å². The standard InChI is InChI=1S/C8H7IN2O/c1-5-2-6-4-12-10-3-7(6)11-8(5)9/h2-3H,4H2,1H3. The molecule has 0 saturated heterocycles. The van der Waals surface area contributed by atoms with E-state index >= 15 is 0 Å². The minimum atomic E-state index is 0.538. The normalized spacial score (nSPS) is 13.8. The van der Waals surface area contributed by atoms with Crippen molar-refractivity contribution in [1.29, 1.82) is 0 Å². The largest absolute Gasteiger partial charge is 0.391 e. The van der Waals surface area contributed by atoms with Crippen molar-refractivity contribution >= 4 is 28.8 Å². The van der Waals surface area contributed by atoms with E-state index in [9.17, 15) is 0 Å². The van der Waals surface area contributed by atoms with Crippen molar-refractivity contribution in [2.45, 2.75) is 13.5 Å². The van der Waals surface area contributed by atoms with Crippen LogP contribution < -0.4 is 0 Å². The van der Waals surface area contributed by atoms with Crippen LogP contribution in [0.15, 0.2) is 11.2 Å². The molecule has 0 radical (unpaired) electrons. The number of rotatable bonds is 0. The summed E-state index contributed by atoms with van der Waals surface area (Å²) < 4.78 is 1.03. The zero-order chi connectivity index (χ0) is 8.55. The lowest BCUT2D eigenvalue weighted by Gasteiger charge is -2.10. The van der Waals surface area contributed by atoms with Gasteiger partial charge in [0.15, 0.2) is 0 Å². The molecule has 1 aliphatic heterocycles. The number of aromatic nitrogens is 1. The molecule has 4 heteroatoms. The van der Waals surface area contributed by atoms with Gasteiger partial charge < -0.3 is 4.84 Å². The van der Waals surface area contributed by atoms with Gasteiger partial charge in [-0.05, 0) is 41.1 Å². The molecule has 0 unspecified atom stereocenters. The summed E-state index contributed by atoms with van der Waals surface area (Å²) in [7, 11) is 0. The number of hydrogen-bond donors (Lipinski definition) is 0. The van der Waals surface area contributed by atoms with Crippen molar-refractivity contribution in [2.75, 3.05) is 0 Å². The van der Waals surface area contributed by atoms with Crippen LogP contribution in [0.5, 0.6) is 0 Å². The average Bonchev–Trinajstić information content (AvgIpc) is 2.07. The summed E-state index contributed by atoms with van der Waals surface area (Å²) in [5.41, 5.74) is 3.23. The summed E-state index contributed by atoms with van der Waals surface area (Å²) in [6.07, 6.45) is 1.65. The van der Waals surface area contributed by atoms with E-state index in [0.29, 0.717) is 6.61 Å². The van der Waals surface area contributed by atoms with Crippen molar-refractivity contribution in [3.63, 3.8) is 0 Å². The van der Waals surface area contributed by atoms with Crippen molar-refractivity contribution in [2.24, 2.45) is 5.16 Å². The molecular formula is C8H7IN2O. The van der Waals surface area contributed by atoms with Gasteiger partial charge in [0.1, 0.15) is 10.3 Å². The molecule has 0 fully saturated rings. The van der Waals surface area contributed by atoms with Crippen LogP contribution in [0, 0.1) is 10.6 Å². The lowest BCUT2D eigenvalue weighted by Crippen LogP contribution is -2.06. The highest BCUT2D eigenvalue weighted by Gasteiger charge is 2.09. The van der Waals surface area contributed by atoms with Crippen LogP contribution in [0.1, 0.15) is 16.8 Å². The van der Waals surface area contributed by atoms with Gasteiger partial charge in [-0.25, -0.2) is 4.98 Å². The van der Waals surface area contributed by atoms with Gasteiger partial charge in [-0.2, -0.15) is 0 Å². The molecule has 0 aliphatic carbocycles. The number of aryl methyl sites for hydroxylation is 1. The first-order chi connectivity index (χ1) is 5.77. The molecule has 0 bridgehead atoms. The Kier molecular flexibility index (Phi) is 2.00. The highest BCUT2D eigenvalue weighted by molar-refractivity contribution is 14.1. The van der Waals surface area contributed by atoms with Crippen molar-refractivity contribution < 1.29 is 4.84 Å². The predicted octanol–water partition coefficient (Wildman–Crippen LogP) is 1.86. The van der Waals surface area contributed by atoms with E-state index in [1.165, 1.54) is 5.56 Å². The van der Waals surface area contributed by atoms with Crippen LogP contribution >= 0.6 is 22.6 Å². The van der Waals surface area contributed by atoms with E-state index in [1.807, 2.05) is 6.92 Å². The minimum Gasteiger partial charge on any atom is -0.391 e. The summed E-state index contributed by atoms with van der Waals surface area (Å²) in [5, 5.41) is 3.70. The van der Waals surface area contributed by atoms with Crippen molar-refractivity contribution in [3.8, 4) is 0 Å². The smallest absolute Gasteiger partial charge is 0.144 e. The fraction of sp³-hybridized carbons (Fsp3) is 0.250. The first-order valence-electron chi connectivity index (χ1n) is 3.59. The molecule has 0 aromatic carbocycles. The van der Waals surface area contributed by atoms with Crippen LogP contribution in [-0.4, -0.2) is 11.2 Å². The van der Waals surface area contributed by atoms with E-state index in [-0.39, 0.29) is 0 Å². The van der Waals surface area contributed by atoms with Crippen LogP contribution in [0.2, 0.25) is 0 Å². The second-order valence-electron chi connectivity index (χ2n) is 2.65. The fourth-order valence-corrected chi connectivity index (χ4v) is 1.50. The number of pyridine rings is 1. The Morgan fingerprint density at radius 1 is 1.58 bits per heavy atom. The second-order valence-corrected chi connectivity index (χ2v) is 3.67. The van der Waals surface area contributed by atoms with Crippen molar-refractivity contribution in [1.82, 2.24) is 4.98 Å². The summed E-state index contributed by atoms with van der Waals surface area (Å²) in [4.78, 5) is 9.29. The molecule has 1 aromatic rings. The number of fused-ring (bicyclic) bond motifs is 1. The summed E-state index contributed by atoms with van der Waals surface area (Å²) in [6.45, 7) is 2.58. The Morgan fingerprint density at radius 3 is 3.25 bits per heavy atom. The quantitative estimate of drug-likeness (QED) is 0.534. The third-order valence-electron chi connectivity index (χ3n) is 1.73. The maximum absolute atomic E-state index is 4.92. The molecule has 0 saturated carbocycles. The zero-order valence-corrected chi connectivity index (χ0v) is 8.70. The summed E-state index contributed by atoms with van der Waals surface area (Å²) >= 11 is 2.22. The lowest BCUT2D eigenvalue weighted by atomic mass is 10.1. The highest BCUT2D eigenvalue weighted by atomic mass is 127. The van der Waals surface area contributed by atoms with E-state index in [2.05, 4.69) is 38.8 Å². The molecule has 12 heavy (non-hydrogen) atoms. The maximum atomic E-state index is 4.92. The molecular weight excluding hydrogens is 267 g/mol. The Balaban J connectivity index is 2.58. The van der Waals surface area contributed by atoms with E-state index in [4.69, 9.17) is 4.84 Å². The Labute approximate surface area is 84.0 Å². The van der Waals surface area contributed by atoms with Gasteiger partial charge in [-0.15, -0.1) is 0 Å². The molecule has 62 valence electrons. The first kappa shape index (κ1) is 7.97. The average molecular weight is 274 g/mol. The summed E-state index contributed by atoms with van der Waals surface area (Å²) in [5.74, 6) is 0. The molecule has 2 heterocycles. The molecule has 0 N–H and O–H groups in total. The Hall–Kier alpha value is -0.650. The van der Waals surface area contributed by atoms with Gasteiger partial charge in [-0.3, -0.25) is 0 Å². The van der Waals surface area contributed by atoms with Crippen LogP contribution in [0.3, 0.4) is 0 Å². The molecule has 1 aromatic heterocycles. The summed E-state index contributed by atoms with van der Waals surface area (Å²) in [6, 6.07) is 2.09. The zero-order valence-electron chi connectivity index (χ0n) is 6.54. The Bertz CT molecular complexity index is 349. The van der Waals surface area contributed by atoms with E-state index in [0.717, 1.165) is 15.0 Å². The van der Waals surface area contributed by atoms with E-state index < -0.39 is 0 Å². The fourth-order valence-electron chi connectivity index (χ4n) is 1.08. The van der Waals surface area contributed by atoms with Gasteiger partial charge in [0.05, 0.1) is 11.9 Å². The number of oxime groups is 1. The topological polar surface area (TPSA) is 34.5 Å². The monoisotopic (exact) mass is 274 g/mol. The third-order valence-corrected chi connectivity index (χ3v) is 2.83. The third kappa shape index (κ3) is 1.31. The molecule has 3 nitrogen and oxygen atoms in total. The van der Waals surface area contributed by atoms with Gasteiger partial charge in [-0.1, -0.05) is 5.16 Å². The number of nitrogens with zero attached hydrogens (tertiary/aromatic N) is 2. The molecule has 2 rings (SSSR count). The number of hydrogen-bond acceptors (Lipinski definition) is 3. The van der Waals surface area contributed by atoms with Crippen LogP contribution in [0.25, 0.3) is 0 Å². The minimum absolute atomic E-state index is 0.538.